The number of nitrogens with one attached hydrogen (secondary N) is 1. The molecule has 25 heavy (non-hydrogen) atoms. The van der Waals surface area contributed by atoms with E-state index in [0.29, 0.717) is 17.9 Å². The molecule has 2 aromatic carbocycles. The molecular weight excluding hydrogens is 320 g/mol. The summed E-state index contributed by atoms with van der Waals surface area (Å²) in [6.45, 7) is -0.111. The normalized spacial score (nSPS) is 10.4. The number of carbonyl (C=O) groups is 2. The molecule has 0 atom stereocenters. The Morgan fingerprint density at radius 3 is 2.72 bits per heavy atom. The van der Waals surface area contributed by atoms with E-state index >= 15 is 0 Å². The van der Waals surface area contributed by atoms with Gasteiger partial charge in [0.1, 0.15) is 5.75 Å². The van der Waals surface area contributed by atoms with Gasteiger partial charge in [0.15, 0.2) is 6.61 Å². The van der Waals surface area contributed by atoms with Gasteiger partial charge in [-0.1, -0.05) is 30.3 Å². The predicted molar refractivity (Wildman–Crippen MR) is 92.5 cm³/mol. The maximum absolute atomic E-state index is 12.3. The number of aliphatic carboxylic acids is 1. The van der Waals surface area contributed by atoms with Crippen LogP contribution in [0.3, 0.4) is 0 Å². The van der Waals surface area contributed by atoms with E-state index in [-0.39, 0.29) is 5.91 Å². The zero-order chi connectivity index (χ0) is 17.6. The molecule has 0 bridgehead atoms. The number of benzene rings is 2. The molecule has 3 aromatic rings. The second-order valence-electron chi connectivity index (χ2n) is 5.39. The third-order valence-electron chi connectivity index (χ3n) is 3.61. The van der Waals surface area contributed by atoms with Crippen molar-refractivity contribution in [2.24, 2.45) is 0 Å². The van der Waals surface area contributed by atoms with Crippen LogP contribution in [-0.4, -0.2) is 28.6 Å². The van der Waals surface area contributed by atoms with Crippen LogP contribution in [0.2, 0.25) is 0 Å². The molecule has 0 spiro atoms. The monoisotopic (exact) mass is 336 g/mol. The number of hydrogen-bond donors (Lipinski definition) is 2. The number of fused-ring (bicyclic) bond motifs is 1. The Balaban J connectivity index is 1.70. The number of carbonyl (C=O) groups excluding carboxylic acids is 1. The molecule has 0 fully saturated rings. The number of hydrogen-bond acceptors (Lipinski definition) is 4. The van der Waals surface area contributed by atoms with Crippen LogP contribution in [0.15, 0.2) is 60.8 Å². The summed E-state index contributed by atoms with van der Waals surface area (Å²) < 4.78 is 5.09. The Bertz CT molecular complexity index is 919. The van der Waals surface area contributed by atoms with Crippen molar-refractivity contribution < 1.29 is 19.4 Å². The van der Waals surface area contributed by atoms with E-state index in [9.17, 15) is 9.59 Å². The van der Waals surface area contributed by atoms with Crippen LogP contribution in [0.1, 0.15) is 15.9 Å². The molecule has 1 heterocycles. The first-order valence-electron chi connectivity index (χ1n) is 7.69. The van der Waals surface area contributed by atoms with Crippen molar-refractivity contribution in [3.05, 3.63) is 71.9 Å². The van der Waals surface area contributed by atoms with Gasteiger partial charge in [-0.3, -0.25) is 9.78 Å². The highest BCUT2D eigenvalue weighted by Crippen LogP contribution is 2.17. The van der Waals surface area contributed by atoms with Gasteiger partial charge in [0.05, 0.1) is 5.52 Å². The molecule has 3 rings (SSSR count). The largest absolute Gasteiger partial charge is 0.482 e. The molecule has 2 N–H and O–H groups in total. The van der Waals surface area contributed by atoms with Crippen LogP contribution >= 0.6 is 0 Å². The minimum atomic E-state index is -1.07. The van der Waals surface area contributed by atoms with Crippen LogP contribution in [0.25, 0.3) is 10.9 Å². The molecule has 0 aliphatic rings. The lowest BCUT2D eigenvalue weighted by atomic mass is 10.1. The van der Waals surface area contributed by atoms with Crippen molar-refractivity contribution in [1.29, 1.82) is 0 Å². The summed E-state index contributed by atoms with van der Waals surface area (Å²) in [7, 11) is 0. The number of ether oxygens (including phenoxy) is 1. The van der Waals surface area contributed by atoms with Gasteiger partial charge in [0, 0.05) is 23.7 Å². The van der Waals surface area contributed by atoms with Gasteiger partial charge in [-0.2, -0.15) is 0 Å². The third kappa shape index (κ3) is 4.11. The Labute approximate surface area is 144 Å². The van der Waals surface area contributed by atoms with Crippen LogP contribution in [-0.2, 0) is 11.3 Å². The molecule has 1 amide bonds. The number of nitrogens with zero attached hydrogens (tertiary/aromatic N) is 1. The van der Waals surface area contributed by atoms with E-state index in [1.54, 1.807) is 24.4 Å². The summed E-state index contributed by atoms with van der Waals surface area (Å²) in [5, 5.41) is 12.5. The van der Waals surface area contributed by atoms with Gasteiger partial charge >= 0.3 is 5.97 Å². The van der Waals surface area contributed by atoms with Crippen molar-refractivity contribution in [1.82, 2.24) is 10.3 Å². The number of amides is 1. The molecule has 0 aliphatic carbocycles. The van der Waals surface area contributed by atoms with E-state index in [0.717, 1.165) is 16.5 Å². The average Bonchev–Trinajstić information content (AvgIpc) is 2.64. The quantitative estimate of drug-likeness (QED) is 0.722. The Morgan fingerprint density at radius 2 is 1.88 bits per heavy atom. The van der Waals surface area contributed by atoms with Crippen LogP contribution in [0.5, 0.6) is 5.75 Å². The lowest BCUT2D eigenvalue weighted by Gasteiger charge is -2.09. The summed E-state index contributed by atoms with van der Waals surface area (Å²) >= 11 is 0. The van der Waals surface area contributed by atoms with E-state index in [1.807, 2.05) is 30.3 Å². The third-order valence-corrected chi connectivity index (χ3v) is 3.61. The Morgan fingerprint density at radius 1 is 1.08 bits per heavy atom. The highest BCUT2D eigenvalue weighted by Gasteiger charge is 2.09. The van der Waals surface area contributed by atoms with Crippen molar-refractivity contribution in [2.45, 2.75) is 6.54 Å². The molecule has 0 unspecified atom stereocenters. The Hall–Kier alpha value is -3.41. The summed E-state index contributed by atoms with van der Waals surface area (Å²) in [5.74, 6) is -1.01. The number of carboxylic acids is 1. The first kappa shape index (κ1) is 16.4. The zero-order valence-corrected chi connectivity index (χ0v) is 13.3. The molecular formula is C19H16N2O4. The first-order valence-corrected chi connectivity index (χ1v) is 7.69. The molecule has 0 saturated carbocycles. The number of carboxylic acid groups (broad SMARTS) is 1. The Kier molecular flexibility index (Phi) is 4.89. The molecule has 126 valence electrons. The summed E-state index contributed by atoms with van der Waals surface area (Å²) in [6.07, 6.45) is 1.72. The maximum atomic E-state index is 12.3. The van der Waals surface area contributed by atoms with Crippen molar-refractivity contribution in [3.63, 3.8) is 0 Å². The molecule has 1 aromatic heterocycles. The summed E-state index contributed by atoms with van der Waals surface area (Å²) in [4.78, 5) is 27.2. The minimum absolute atomic E-state index is 0.270. The maximum Gasteiger partial charge on any atom is 0.341 e. The molecule has 6 nitrogen and oxygen atoms in total. The topological polar surface area (TPSA) is 88.5 Å². The summed E-state index contributed by atoms with van der Waals surface area (Å²) in [6, 6.07) is 16.1. The molecule has 6 heteroatoms. The van der Waals surface area contributed by atoms with Crippen molar-refractivity contribution in [2.75, 3.05) is 6.61 Å². The standard InChI is InChI=1S/C19H16N2O4/c22-17(23)12-25-16-8-2-5-14(10-16)19(24)21-11-15-6-1-4-13-7-3-9-20-18(13)15/h1-10H,11-12H2,(H,21,24)(H,22,23). The highest BCUT2D eigenvalue weighted by atomic mass is 16.5. The van der Waals surface area contributed by atoms with E-state index in [2.05, 4.69) is 10.3 Å². The summed E-state index contributed by atoms with van der Waals surface area (Å²) in [5.41, 5.74) is 2.17. The number of rotatable bonds is 6. The van der Waals surface area contributed by atoms with Gasteiger partial charge in [0.25, 0.3) is 5.91 Å². The van der Waals surface area contributed by atoms with Crippen LogP contribution in [0, 0.1) is 0 Å². The van der Waals surface area contributed by atoms with E-state index in [4.69, 9.17) is 9.84 Å². The van der Waals surface area contributed by atoms with Crippen LogP contribution < -0.4 is 10.1 Å². The van der Waals surface area contributed by atoms with Gasteiger partial charge < -0.3 is 15.2 Å². The SMILES string of the molecule is O=C(O)COc1cccc(C(=O)NCc2cccc3cccnc23)c1. The fourth-order valence-electron chi connectivity index (χ4n) is 2.46. The molecule has 0 radical (unpaired) electrons. The average molecular weight is 336 g/mol. The van der Waals surface area contributed by atoms with Crippen molar-refractivity contribution >= 4 is 22.8 Å². The van der Waals surface area contributed by atoms with E-state index in [1.165, 1.54) is 6.07 Å². The zero-order valence-electron chi connectivity index (χ0n) is 13.3. The van der Waals surface area contributed by atoms with Gasteiger partial charge in [-0.15, -0.1) is 0 Å². The second kappa shape index (κ2) is 7.44. The minimum Gasteiger partial charge on any atom is -0.482 e. The number of para-hydroxylation sites is 1. The lowest BCUT2D eigenvalue weighted by molar-refractivity contribution is -0.139. The van der Waals surface area contributed by atoms with E-state index < -0.39 is 12.6 Å². The first-order chi connectivity index (χ1) is 12.1. The smallest absolute Gasteiger partial charge is 0.341 e. The predicted octanol–water partition coefficient (Wildman–Crippen LogP) is 2.63. The molecule has 0 aliphatic heterocycles. The van der Waals surface area contributed by atoms with Gasteiger partial charge in [0.2, 0.25) is 0 Å². The van der Waals surface area contributed by atoms with Gasteiger partial charge in [-0.05, 0) is 29.8 Å². The van der Waals surface area contributed by atoms with Crippen molar-refractivity contribution in [3.8, 4) is 5.75 Å². The second-order valence-corrected chi connectivity index (χ2v) is 5.39. The lowest BCUT2D eigenvalue weighted by Crippen LogP contribution is -2.23. The number of aromatic nitrogens is 1. The molecule has 0 saturated heterocycles. The fraction of sp³-hybridized carbons (Fsp3) is 0.105. The van der Waals surface area contributed by atoms with Crippen LogP contribution in [0.4, 0.5) is 0 Å². The highest BCUT2D eigenvalue weighted by molar-refractivity contribution is 5.94. The number of pyridine rings is 1. The van der Waals surface area contributed by atoms with Gasteiger partial charge in [-0.25, -0.2) is 4.79 Å². The fourth-order valence-corrected chi connectivity index (χ4v) is 2.46.